The Morgan fingerprint density at radius 3 is 2.66 bits per heavy atom. The van der Waals surface area contributed by atoms with Crippen LogP contribution in [0.25, 0.3) is 0 Å². The molecule has 1 aromatic carbocycles. The van der Waals surface area contributed by atoms with Gasteiger partial charge in [-0.05, 0) is 30.5 Å². The lowest BCUT2D eigenvalue weighted by Gasteiger charge is -2.32. The number of rotatable bonds is 8. The first-order valence-electron chi connectivity index (χ1n) is 10.6. The number of esters is 1. The summed E-state index contributed by atoms with van der Waals surface area (Å²) in [5, 5.41) is 4.72. The Kier molecular flexibility index (Phi) is 7.61. The largest absolute Gasteiger partial charge is 0.469 e. The van der Waals surface area contributed by atoms with Gasteiger partial charge >= 0.3 is 5.97 Å². The molecule has 0 N–H and O–H groups in total. The summed E-state index contributed by atoms with van der Waals surface area (Å²) in [5.41, 5.74) is 0.906. The summed E-state index contributed by atoms with van der Waals surface area (Å²) < 4.78 is 30.1. The summed E-state index contributed by atoms with van der Waals surface area (Å²) in [6.45, 7) is 2.17. The molecule has 0 aliphatic heterocycles. The van der Waals surface area contributed by atoms with Crippen molar-refractivity contribution < 1.29 is 22.7 Å². The van der Waals surface area contributed by atoms with E-state index in [1.165, 1.54) is 13.2 Å². The smallest absolute Gasteiger partial charge is 0.307 e. The average Bonchev–Trinajstić information content (AvgIpc) is 3.41. The predicted octanol–water partition coefficient (Wildman–Crippen LogP) is 3.58. The third kappa shape index (κ3) is 5.32. The monoisotopic (exact) mass is 481 g/mol. The average molecular weight is 482 g/mol. The highest BCUT2D eigenvalue weighted by atomic mass is 35.5. The Hall–Kier alpha value is -2.39. The number of methoxy groups -OCH3 is 1. The molecule has 1 amide bonds. The number of carbonyl (C=O) groups excluding carboxylic acids is 2. The van der Waals surface area contributed by atoms with Gasteiger partial charge in [0.2, 0.25) is 5.91 Å². The van der Waals surface area contributed by atoms with Gasteiger partial charge in [0.15, 0.2) is 15.7 Å². The Morgan fingerprint density at radius 1 is 1.28 bits per heavy atom. The standard InChI is InChI=1S/C22H28ClN3O5S/c1-4-21(27)26(20-10-12-25(24-20)13-11-22(28)31-2)18-7-5-6-16(18)15-8-9-19(17(23)14-15)32(3,29)30/h8-10,12,14,16,18H,4-7,11,13H2,1-3H3. The topological polar surface area (TPSA) is 98.6 Å². The number of aromatic nitrogens is 2. The maximum absolute atomic E-state index is 12.9. The zero-order chi connectivity index (χ0) is 23.5. The second-order valence-corrected chi connectivity index (χ2v) is 10.3. The number of hydrogen-bond donors (Lipinski definition) is 0. The van der Waals surface area contributed by atoms with Gasteiger partial charge in [-0.2, -0.15) is 5.10 Å². The summed E-state index contributed by atoms with van der Waals surface area (Å²) in [5.74, 6) is 0.182. The van der Waals surface area contributed by atoms with E-state index < -0.39 is 9.84 Å². The Labute approximate surface area is 193 Å². The van der Waals surface area contributed by atoms with Crippen LogP contribution < -0.4 is 4.90 Å². The third-order valence-corrected chi connectivity index (χ3v) is 7.39. The fraction of sp³-hybridized carbons (Fsp3) is 0.500. The van der Waals surface area contributed by atoms with E-state index in [4.69, 9.17) is 11.6 Å². The first-order valence-corrected chi connectivity index (χ1v) is 12.8. The van der Waals surface area contributed by atoms with Gasteiger partial charge in [0.25, 0.3) is 0 Å². The maximum atomic E-state index is 12.9. The fourth-order valence-electron chi connectivity index (χ4n) is 4.25. The van der Waals surface area contributed by atoms with Crippen LogP contribution in [0.5, 0.6) is 0 Å². The summed E-state index contributed by atoms with van der Waals surface area (Å²) >= 11 is 6.29. The highest BCUT2D eigenvalue weighted by Crippen LogP contribution is 2.41. The number of nitrogens with zero attached hydrogens (tertiary/aromatic N) is 3. The van der Waals surface area contributed by atoms with Crippen molar-refractivity contribution in [1.29, 1.82) is 0 Å². The molecular formula is C22H28ClN3O5S. The van der Waals surface area contributed by atoms with Crippen LogP contribution in [0.15, 0.2) is 35.4 Å². The van der Waals surface area contributed by atoms with Crippen molar-refractivity contribution in [3.63, 3.8) is 0 Å². The van der Waals surface area contributed by atoms with Crippen molar-refractivity contribution in [3.05, 3.63) is 41.0 Å². The van der Waals surface area contributed by atoms with Crippen molar-refractivity contribution in [1.82, 2.24) is 9.78 Å². The van der Waals surface area contributed by atoms with Gasteiger partial charge in [-0.15, -0.1) is 0 Å². The van der Waals surface area contributed by atoms with Crippen LogP contribution in [0.2, 0.25) is 5.02 Å². The van der Waals surface area contributed by atoms with Gasteiger partial charge in [0, 0.05) is 36.9 Å². The zero-order valence-corrected chi connectivity index (χ0v) is 20.0. The van der Waals surface area contributed by atoms with Gasteiger partial charge in [0.05, 0.1) is 30.0 Å². The van der Waals surface area contributed by atoms with E-state index in [9.17, 15) is 18.0 Å². The van der Waals surface area contributed by atoms with Gasteiger partial charge in [-0.1, -0.05) is 31.0 Å². The number of aryl methyl sites for hydroxylation is 1. The number of anilines is 1. The SMILES string of the molecule is CCC(=O)N(c1ccn(CCC(=O)OC)n1)C1CCCC1c1ccc(S(C)(=O)=O)c(Cl)c1. The van der Waals surface area contributed by atoms with Crippen molar-refractivity contribution in [3.8, 4) is 0 Å². The van der Waals surface area contributed by atoms with E-state index >= 15 is 0 Å². The number of sulfone groups is 1. The molecule has 0 radical (unpaired) electrons. The molecule has 3 rings (SSSR count). The predicted molar refractivity (Wildman–Crippen MR) is 122 cm³/mol. The second kappa shape index (κ2) is 10.0. The quantitative estimate of drug-likeness (QED) is 0.534. The van der Waals surface area contributed by atoms with Crippen LogP contribution in [0.1, 0.15) is 50.5 Å². The lowest BCUT2D eigenvalue weighted by molar-refractivity contribution is -0.140. The minimum absolute atomic E-state index is 0.0110. The molecule has 2 atom stereocenters. The molecule has 0 saturated heterocycles. The molecule has 0 bridgehead atoms. The van der Waals surface area contributed by atoms with Gasteiger partial charge in [-0.25, -0.2) is 8.42 Å². The minimum Gasteiger partial charge on any atom is -0.469 e. The summed E-state index contributed by atoms with van der Waals surface area (Å²) in [6, 6.07) is 6.68. The van der Waals surface area contributed by atoms with Crippen LogP contribution in [-0.2, 0) is 30.7 Å². The highest BCUT2D eigenvalue weighted by molar-refractivity contribution is 7.90. The van der Waals surface area contributed by atoms with E-state index in [0.717, 1.165) is 31.1 Å². The first-order chi connectivity index (χ1) is 15.2. The summed E-state index contributed by atoms with van der Waals surface area (Å²) in [7, 11) is -2.08. The second-order valence-electron chi connectivity index (χ2n) is 7.95. The molecule has 1 aliphatic rings. The van der Waals surface area contributed by atoms with Gasteiger partial charge in [-0.3, -0.25) is 19.2 Å². The number of carbonyl (C=O) groups is 2. The lowest BCUT2D eigenvalue weighted by atomic mass is 9.93. The first kappa shape index (κ1) is 24.3. The van der Waals surface area contributed by atoms with Crippen molar-refractivity contribution in [2.75, 3.05) is 18.3 Å². The highest BCUT2D eigenvalue weighted by Gasteiger charge is 2.37. The number of hydrogen-bond acceptors (Lipinski definition) is 6. The van der Waals surface area contributed by atoms with E-state index in [0.29, 0.717) is 18.8 Å². The van der Waals surface area contributed by atoms with Crippen molar-refractivity contribution in [2.24, 2.45) is 0 Å². The number of amides is 1. The molecule has 10 heteroatoms. The molecule has 1 fully saturated rings. The molecule has 1 heterocycles. The molecule has 2 aromatic rings. The zero-order valence-electron chi connectivity index (χ0n) is 18.5. The molecule has 8 nitrogen and oxygen atoms in total. The Bertz CT molecular complexity index is 1100. The molecule has 1 saturated carbocycles. The fourth-order valence-corrected chi connectivity index (χ4v) is 5.59. The Balaban J connectivity index is 1.89. The molecule has 1 aromatic heterocycles. The van der Waals surface area contributed by atoms with Crippen LogP contribution in [0, 0.1) is 0 Å². The van der Waals surface area contributed by atoms with Gasteiger partial charge in [0.1, 0.15) is 0 Å². The molecule has 1 aliphatic carbocycles. The number of ether oxygens (including phenoxy) is 1. The number of benzene rings is 1. The normalized spacial score (nSPS) is 18.5. The summed E-state index contributed by atoms with van der Waals surface area (Å²) in [4.78, 5) is 26.2. The minimum atomic E-state index is -3.42. The maximum Gasteiger partial charge on any atom is 0.307 e. The van der Waals surface area contributed by atoms with Crippen LogP contribution >= 0.6 is 11.6 Å². The van der Waals surface area contributed by atoms with E-state index in [1.807, 2.05) is 6.92 Å². The molecule has 0 spiro atoms. The van der Waals surface area contributed by atoms with Crippen LogP contribution in [-0.4, -0.2) is 49.5 Å². The molecule has 2 unspecified atom stereocenters. The van der Waals surface area contributed by atoms with Crippen LogP contribution in [0.4, 0.5) is 5.82 Å². The van der Waals surface area contributed by atoms with Crippen LogP contribution in [0.3, 0.4) is 0 Å². The molecule has 32 heavy (non-hydrogen) atoms. The van der Waals surface area contributed by atoms with Gasteiger partial charge < -0.3 is 4.74 Å². The van der Waals surface area contributed by atoms with E-state index in [2.05, 4.69) is 9.84 Å². The van der Waals surface area contributed by atoms with Crippen molar-refractivity contribution >= 4 is 39.1 Å². The third-order valence-electron chi connectivity index (χ3n) is 5.81. The Morgan fingerprint density at radius 2 is 2.03 bits per heavy atom. The van der Waals surface area contributed by atoms with E-state index in [1.54, 1.807) is 34.0 Å². The molecule has 174 valence electrons. The van der Waals surface area contributed by atoms with Crippen molar-refractivity contribution in [2.45, 2.75) is 62.4 Å². The summed E-state index contributed by atoms with van der Waals surface area (Å²) in [6.07, 6.45) is 5.98. The van der Waals surface area contributed by atoms with E-state index in [-0.39, 0.29) is 40.2 Å². The number of halogens is 1. The lowest BCUT2D eigenvalue weighted by Crippen LogP contribution is -2.42. The molecular weight excluding hydrogens is 454 g/mol.